The molecule has 1 aliphatic carbocycles. The van der Waals surface area contributed by atoms with Crippen LogP contribution in [0, 0.1) is 32.6 Å². The van der Waals surface area contributed by atoms with Crippen molar-refractivity contribution in [2.45, 2.75) is 133 Å². The molecular weight excluding hydrogens is 2080 g/mol. The molecule has 788 valence electrons. The molecule has 0 amide bonds. The number of nitrogens with zero attached hydrogens (tertiary/aromatic N) is 16. The van der Waals surface area contributed by atoms with Crippen LogP contribution in [0.2, 0.25) is 5.15 Å². The third-order valence-electron chi connectivity index (χ3n) is 18.4. The molecular formula is C69H95ClN22O45P6. The molecule has 0 bridgehead atoms. The Balaban J connectivity index is 0.000000303. The fourth-order valence-electron chi connectivity index (χ4n) is 11.6. The highest BCUT2D eigenvalue weighted by Gasteiger charge is 2.43. The molecule has 0 saturated heterocycles. The van der Waals surface area contributed by atoms with Crippen LogP contribution in [-0.4, -0.2) is 315 Å². The molecule has 0 aliphatic heterocycles. The van der Waals surface area contributed by atoms with E-state index >= 15 is 0 Å². The van der Waals surface area contributed by atoms with Crippen molar-refractivity contribution < 1.29 is 184 Å². The van der Waals surface area contributed by atoms with Crippen LogP contribution in [0.4, 0.5) is 17.6 Å². The number of anilines is 3. The van der Waals surface area contributed by atoms with Gasteiger partial charge < -0.3 is 159 Å². The minimum absolute atomic E-state index is 0.00694. The van der Waals surface area contributed by atoms with E-state index in [0.717, 1.165) is 23.6 Å². The van der Waals surface area contributed by atoms with Gasteiger partial charge in [-0.2, -0.15) is 15.0 Å². The zero-order chi connectivity index (χ0) is 108. The lowest BCUT2D eigenvalue weighted by atomic mass is 9.97. The number of aliphatic carboxylic acids is 6. The number of aromatic nitrogens is 19. The first-order valence-corrected chi connectivity index (χ1v) is 50.2. The Morgan fingerprint density at radius 3 is 1.34 bits per heavy atom. The standard InChI is InChI=1S/C14H21N2O8P.C12H16N5O8P.C11H13ClN5O6P.C11H14N5O6P.C11H17N2O10P.C10H14N3O7P/c1-8-5-16(14(20)15-11(8)17)6-9-3-2-4-10(9)7-24-13(12(18)19)25(21,22)23;1-7-4-16(12(21)13-9(7)18)5-8-6-17(15-14-8)2-3-25-11(10(19)20)26(22,23)24;12-7-6-8(16-11(13)15-7)17(5-14-6)3-1-2-4-23-10(9(18)19)24(20,21)22;12-8-7-9(14-5-13-8)16(6-15-7)3-1-2-4-22-11(10(17)18)23(19,20)21;1-5-2-13(11(19)12-8(5)16)3-6(14)7(15)4-23-10(9(17)18)24(20,21)22;11-7-3-5-13(10(16)12-7)4-1-2-6-20-9(8(14)15)21(17,18)19/h5,9-10,13H,2-4,6-7H2,1H3,(H,18,19)(H,15,17,20)(H2,21,22,23);4,6,11H,2-3,5H2,1H3,(H,19,20)(H,13,18,21)(H2,22,23,24);1-2,5,10H,3-4H2,(H,18,19)(H2,13,15,16)(H2,20,21,22);1-2,5-6,11H,3-4H2,(H,17,18)(H2,12,13,14)(H2,19,20,21);2,6-7,10,14-15H,3-4H2,1H3,(H,17,18)(H,12,16,19)(H2,20,21,22);1-3,5,9H,4,6H2,(H,14,15)(H2,11,12,16)(H2,17,18,19)/b;;2*2-1-;;2-1-/t9-,10?,13?;;;;6-,7+,10?;/m0...1./s1. The Morgan fingerprint density at radius 1 is 0.476 bits per heavy atom. The zero-order valence-electron chi connectivity index (χ0n) is 73.8. The smallest absolute Gasteiger partial charge is 0.365 e. The second-order valence-electron chi connectivity index (χ2n) is 29.4. The fraction of sp³-hybridized carbons (Fsp3) is 0.420. The van der Waals surface area contributed by atoms with Crippen molar-refractivity contribution in [3.63, 3.8) is 0 Å². The fourth-order valence-corrected chi connectivity index (χ4v) is 15.3. The summed E-state index contributed by atoms with van der Waals surface area (Å²) in [5, 5.41) is 79.4. The van der Waals surface area contributed by atoms with Crippen molar-refractivity contribution in [3.8, 4) is 0 Å². The Labute approximate surface area is 800 Å². The average molecular weight is 2170 g/mol. The Bertz CT molecular complexity index is 6820. The van der Waals surface area contributed by atoms with Gasteiger partial charge in [0.1, 0.15) is 41.1 Å². The number of aromatic amines is 3. The molecule has 7 unspecified atom stereocenters. The maximum absolute atomic E-state index is 11.9. The quantitative estimate of drug-likeness (QED) is 0.00960. The van der Waals surface area contributed by atoms with Gasteiger partial charge in [-0.3, -0.25) is 70.4 Å². The van der Waals surface area contributed by atoms with Crippen LogP contribution in [0.3, 0.4) is 0 Å². The second kappa shape index (κ2) is 54.2. The van der Waals surface area contributed by atoms with E-state index in [0.29, 0.717) is 58.7 Å². The minimum Gasteiger partial charge on any atom is -0.479 e. The Morgan fingerprint density at radius 2 is 0.881 bits per heavy atom. The van der Waals surface area contributed by atoms with Crippen molar-refractivity contribution in [2.75, 3.05) is 56.8 Å². The van der Waals surface area contributed by atoms with E-state index in [-0.39, 0.29) is 99.3 Å². The third kappa shape index (κ3) is 39.3. The van der Waals surface area contributed by atoms with Gasteiger partial charge in [0, 0.05) is 67.7 Å². The van der Waals surface area contributed by atoms with Gasteiger partial charge in [-0.1, -0.05) is 59.7 Å². The van der Waals surface area contributed by atoms with Gasteiger partial charge in [-0.25, -0.2) is 72.6 Å². The number of fused-ring (bicyclic) bond motifs is 2. The summed E-state index contributed by atoms with van der Waals surface area (Å²) in [6.45, 7) is 2.90. The van der Waals surface area contributed by atoms with E-state index in [4.69, 9.17) is 128 Å². The highest BCUT2D eigenvalue weighted by molar-refractivity contribution is 7.55. The predicted octanol–water partition coefficient (Wildman–Crippen LogP) is -6.09. The topological polar surface area (TPSA) is 1060 Å². The van der Waals surface area contributed by atoms with E-state index in [9.17, 15) is 99.9 Å². The lowest BCUT2D eigenvalue weighted by molar-refractivity contribution is -0.149. The molecule has 9 aromatic rings. The summed E-state index contributed by atoms with van der Waals surface area (Å²) in [5.74, 6) is -24.0. The number of nitrogens with two attached hydrogens (primary N) is 3. The number of rotatable bonds is 44. The van der Waals surface area contributed by atoms with E-state index in [2.05, 4.69) is 74.1 Å². The molecule has 1 aliphatic rings. The average Bonchev–Trinajstić information content (AvgIpc) is 1.66. The SMILES string of the molecule is Cc1cn(C[C@@H](O)[C@@H](O)COC(C(=O)O)P(=O)(O)O)c(=O)[nH]c1=O.Cc1cn(C[C@@H]2CCCC2COC(C(=O)O)P(=O)(O)O)c(=O)[nH]c1=O.Cc1cn(Cc2cn(CCOC(C(=O)O)P(=O)(O)O)nn2)c(=O)[nH]c1=O.Nc1ccn(C/C=C\COC(C(=O)O)P(=O)(O)O)c(=O)n1.Nc1nc(Cl)c2ncn(C/C=C\COC(C(=O)O)P(=O)(O)O)c2n1.Nc1ncnc2c1ncn2C/C=C\COC(C(=O)O)P(=O)(O)O. The van der Waals surface area contributed by atoms with Crippen LogP contribution in [-0.2, 0) is 130 Å². The number of carbonyl (C=O) groups is 6. The summed E-state index contributed by atoms with van der Waals surface area (Å²) >= 11 is 5.89. The second-order valence-corrected chi connectivity index (χ2v) is 39.6. The van der Waals surface area contributed by atoms with Crippen LogP contribution in [0.15, 0.2) is 126 Å². The lowest BCUT2D eigenvalue weighted by Gasteiger charge is -2.23. The first-order chi connectivity index (χ1) is 66.3. The van der Waals surface area contributed by atoms with Gasteiger partial charge in [0.15, 0.2) is 22.3 Å². The number of imidazole rings is 2. The summed E-state index contributed by atoms with van der Waals surface area (Å²) in [6.07, 6.45) is 18.9. The van der Waals surface area contributed by atoms with Gasteiger partial charge in [0.05, 0.1) is 78.1 Å². The first-order valence-electron chi connectivity index (χ1n) is 39.7. The number of hydrogen-bond acceptors (Lipinski definition) is 39. The van der Waals surface area contributed by atoms with Crippen LogP contribution >= 0.6 is 57.2 Å². The molecule has 0 spiro atoms. The number of nitrogen functional groups attached to an aromatic ring is 3. The van der Waals surface area contributed by atoms with E-state index in [1.807, 2.05) is 4.98 Å². The number of carboxylic acid groups (broad SMARTS) is 6. The summed E-state index contributed by atoms with van der Waals surface area (Å²) in [6, 6.07) is 1.43. The van der Waals surface area contributed by atoms with Gasteiger partial charge in [-0.05, 0) is 51.5 Å². The largest absolute Gasteiger partial charge is 0.479 e. The lowest BCUT2D eigenvalue weighted by Crippen LogP contribution is -2.40. The first kappa shape index (κ1) is 121. The molecule has 0 radical (unpaired) electrons. The zero-order valence-corrected chi connectivity index (χ0v) is 80.0. The van der Waals surface area contributed by atoms with Crippen LogP contribution < -0.4 is 56.6 Å². The van der Waals surface area contributed by atoms with Crippen LogP contribution in [0.1, 0.15) is 41.6 Å². The minimum atomic E-state index is -5.11. The van der Waals surface area contributed by atoms with Crippen LogP contribution in [0.25, 0.3) is 22.3 Å². The highest BCUT2D eigenvalue weighted by Crippen LogP contribution is 2.47. The number of ether oxygens (including phenoxy) is 6. The van der Waals surface area contributed by atoms with Gasteiger partial charge in [-0.15, -0.1) is 5.10 Å². The number of aryl methyl sites for hydroxylation is 3. The highest BCUT2D eigenvalue weighted by atomic mass is 35.5. The summed E-state index contributed by atoms with van der Waals surface area (Å²) < 4.78 is 103. The molecule has 1 saturated carbocycles. The Kier molecular flexibility index (Phi) is 45.9. The molecule has 67 nitrogen and oxygen atoms in total. The number of carboxylic acids is 6. The van der Waals surface area contributed by atoms with E-state index in [1.165, 1.54) is 99.4 Å². The van der Waals surface area contributed by atoms with Crippen molar-refractivity contribution in [3.05, 3.63) is 193 Å². The van der Waals surface area contributed by atoms with Crippen molar-refractivity contribution >= 4 is 133 Å². The number of hydrogen-bond donors (Lipinski definition) is 26. The van der Waals surface area contributed by atoms with Crippen molar-refractivity contribution in [2.24, 2.45) is 11.8 Å². The number of halogens is 1. The summed E-state index contributed by atoms with van der Waals surface area (Å²) in [4.78, 5) is 285. The number of aliphatic hydroxyl groups is 2. The predicted molar refractivity (Wildman–Crippen MR) is 481 cm³/mol. The molecule has 9 heterocycles. The third-order valence-corrected chi connectivity index (χ3v) is 24.5. The maximum Gasteiger partial charge on any atom is 0.365 e. The molecule has 10 rings (SSSR count). The van der Waals surface area contributed by atoms with Gasteiger partial charge in [0.2, 0.25) is 5.95 Å². The molecule has 9 aromatic heterocycles. The maximum atomic E-state index is 11.9. The number of H-pyrrole nitrogens is 3. The number of allylic oxidation sites excluding steroid dienone is 3. The van der Waals surface area contributed by atoms with Crippen LogP contribution in [0.5, 0.6) is 0 Å². The molecule has 10 atom stereocenters. The molecule has 0 aromatic carbocycles. The van der Waals surface area contributed by atoms with Gasteiger partial charge in [0.25, 0.3) is 51.7 Å². The van der Waals surface area contributed by atoms with E-state index in [1.54, 1.807) is 35.1 Å². The van der Waals surface area contributed by atoms with E-state index < -0.39 is 181 Å². The van der Waals surface area contributed by atoms with Crippen molar-refractivity contribution in [1.82, 2.24) is 92.2 Å². The summed E-state index contributed by atoms with van der Waals surface area (Å²) in [7, 11) is -29.6. The molecule has 143 heavy (non-hydrogen) atoms. The molecule has 29 N–H and O–H groups in total. The normalized spacial score (nSPS) is 15.3. The molecule has 74 heteroatoms. The monoisotopic (exact) mass is 2170 g/mol. The van der Waals surface area contributed by atoms with Gasteiger partial charge >= 0.3 is 104 Å². The number of nitrogens with one attached hydrogen (secondary N) is 3. The van der Waals surface area contributed by atoms with Crippen molar-refractivity contribution in [1.29, 1.82) is 0 Å². The number of aliphatic hydroxyl groups excluding tert-OH is 2. The molecule has 1 fully saturated rings. The Hall–Kier alpha value is -12.5. The summed E-state index contributed by atoms with van der Waals surface area (Å²) in [5.41, 5.74) is 15.5.